The van der Waals surface area contributed by atoms with Gasteiger partial charge in [-0.05, 0) is 31.2 Å². The molecule has 0 saturated heterocycles. The van der Waals surface area contributed by atoms with Gasteiger partial charge in [-0.1, -0.05) is 17.7 Å². The first kappa shape index (κ1) is 15.7. The first-order valence-electron chi connectivity index (χ1n) is 7.59. The van der Waals surface area contributed by atoms with Gasteiger partial charge in [0.15, 0.2) is 0 Å². The van der Waals surface area contributed by atoms with Crippen LogP contribution in [-0.2, 0) is 0 Å². The first-order chi connectivity index (χ1) is 11.6. The Kier molecular flexibility index (Phi) is 4.56. The Morgan fingerprint density at radius 1 is 1.12 bits per heavy atom. The second-order valence-corrected chi connectivity index (χ2v) is 5.40. The predicted octanol–water partition coefficient (Wildman–Crippen LogP) is 3.94. The number of nitrogens with one attached hydrogen (secondary N) is 1. The molecule has 0 atom stereocenters. The molecule has 3 rings (SSSR count). The predicted molar refractivity (Wildman–Crippen MR) is 93.6 cm³/mol. The number of aromatic nitrogens is 1. The molecule has 3 aromatic rings. The van der Waals surface area contributed by atoms with Crippen molar-refractivity contribution in [1.82, 2.24) is 4.98 Å². The zero-order chi connectivity index (χ0) is 16.9. The molecule has 0 fully saturated rings. The highest BCUT2D eigenvalue weighted by Gasteiger charge is 2.13. The van der Waals surface area contributed by atoms with Crippen LogP contribution >= 0.6 is 0 Å². The minimum Gasteiger partial charge on any atom is -0.492 e. The molecule has 0 aliphatic heterocycles. The lowest BCUT2D eigenvalue weighted by Gasteiger charge is -2.11. The molecule has 0 bridgehead atoms. The van der Waals surface area contributed by atoms with E-state index in [1.807, 2.05) is 31.2 Å². The van der Waals surface area contributed by atoms with E-state index in [1.165, 1.54) is 17.8 Å². The van der Waals surface area contributed by atoms with Crippen molar-refractivity contribution in [3.8, 4) is 5.75 Å². The summed E-state index contributed by atoms with van der Waals surface area (Å²) in [6, 6.07) is 12.8. The third kappa shape index (κ3) is 3.43. The van der Waals surface area contributed by atoms with E-state index >= 15 is 0 Å². The van der Waals surface area contributed by atoms with E-state index in [0.29, 0.717) is 18.5 Å². The number of hydrogen-bond donors (Lipinski definition) is 1. The van der Waals surface area contributed by atoms with Crippen molar-refractivity contribution in [3.63, 3.8) is 0 Å². The minimum absolute atomic E-state index is 0.0551. The van der Waals surface area contributed by atoms with E-state index in [1.54, 1.807) is 18.3 Å². The molecule has 122 valence electrons. The van der Waals surface area contributed by atoms with Crippen molar-refractivity contribution < 1.29 is 9.66 Å². The van der Waals surface area contributed by atoms with Gasteiger partial charge < -0.3 is 10.1 Å². The summed E-state index contributed by atoms with van der Waals surface area (Å²) in [4.78, 5) is 14.7. The van der Waals surface area contributed by atoms with Gasteiger partial charge in [0.25, 0.3) is 5.69 Å². The molecule has 0 unspecified atom stereocenters. The van der Waals surface area contributed by atoms with Gasteiger partial charge in [0.2, 0.25) is 0 Å². The number of fused-ring (bicyclic) bond motifs is 1. The van der Waals surface area contributed by atoms with Gasteiger partial charge in [0.05, 0.1) is 10.3 Å². The SMILES string of the molecule is Cc1ccc(OCCNc2ccc([N+](=O)[O-])c3cnccc23)cc1. The van der Waals surface area contributed by atoms with Crippen molar-refractivity contribution in [2.24, 2.45) is 0 Å². The number of ether oxygens (including phenoxy) is 1. The maximum Gasteiger partial charge on any atom is 0.278 e. The van der Waals surface area contributed by atoms with Crippen molar-refractivity contribution in [3.05, 3.63) is 70.5 Å². The number of nitro groups is 1. The number of pyridine rings is 1. The molecule has 2 aromatic carbocycles. The molecule has 0 spiro atoms. The highest BCUT2D eigenvalue weighted by Crippen LogP contribution is 2.30. The van der Waals surface area contributed by atoms with Gasteiger partial charge >= 0.3 is 0 Å². The molecule has 0 amide bonds. The fraction of sp³-hybridized carbons (Fsp3) is 0.167. The van der Waals surface area contributed by atoms with Crippen LogP contribution in [0.15, 0.2) is 54.9 Å². The zero-order valence-corrected chi connectivity index (χ0v) is 13.2. The summed E-state index contributed by atoms with van der Waals surface area (Å²) in [6.45, 7) is 3.11. The lowest BCUT2D eigenvalue weighted by Crippen LogP contribution is -2.11. The van der Waals surface area contributed by atoms with Gasteiger partial charge in [0.1, 0.15) is 12.4 Å². The summed E-state index contributed by atoms with van der Waals surface area (Å²) in [7, 11) is 0. The van der Waals surface area contributed by atoms with E-state index in [4.69, 9.17) is 4.74 Å². The van der Waals surface area contributed by atoms with Gasteiger partial charge in [0, 0.05) is 36.1 Å². The molecule has 1 aromatic heterocycles. The van der Waals surface area contributed by atoms with Gasteiger partial charge in [-0.25, -0.2) is 0 Å². The molecule has 24 heavy (non-hydrogen) atoms. The maximum atomic E-state index is 11.1. The van der Waals surface area contributed by atoms with Crippen molar-refractivity contribution >= 4 is 22.1 Å². The Bertz CT molecular complexity index is 863. The number of rotatable bonds is 6. The Balaban J connectivity index is 1.68. The Labute approximate surface area is 139 Å². The van der Waals surface area contributed by atoms with Crippen LogP contribution in [0.1, 0.15) is 5.56 Å². The standard InChI is InChI=1S/C18H17N3O3/c1-13-2-4-14(5-3-13)24-11-10-20-17-6-7-18(21(22)23)16-12-19-9-8-15(16)17/h2-9,12,20H,10-11H2,1H3. The summed E-state index contributed by atoms with van der Waals surface area (Å²) < 4.78 is 5.67. The largest absolute Gasteiger partial charge is 0.492 e. The third-order valence-electron chi connectivity index (χ3n) is 3.70. The normalized spacial score (nSPS) is 10.5. The van der Waals surface area contributed by atoms with Crippen LogP contribution in [0.2, 0.25) is 0 Å². The minimum atomic E-state index is -0.395. The zero-order valence-electron chi connectivity index (χ0n) is 13.2. The molecule has 6 nitrogen and oxygen atoms in total. The molecule has 1 heterocycles. The Hall–Kier alpha value is -3.15. The van der Waals surface area contributed by atoms with Gasteiger partial charge in [-0.2, -0.15) is 0 Å². The first-order valence-corrected chi connectivity index (χ1v) is 7.59. The van der Waals surface area contributed by atoms with E-state index in [0.717, 1.165) is 16.8 Å². The molecule has 6 heteroatoms. The average molecular weight is 323 g/mol. The lowest BCUT2D eigenvalue weighted by molar-refractivity contribution is -0.383. The topological polar surface area (TPSA) is 77.3 Å². The summed E-state index contributed by atoms with van der Waals surface area (Å²) in [5, 5.41) is 15.7. The molecule has 0 radical (unpaired) electrons. The summed E-state index contributed by atoms with van der Waals surface area (Å²) in [6.07, 6.45) is 3.14. The van der Waals surface area contributed by atoms with Crippen LogP contribution in [-0.4, -0.2) is 23.1 Å². The molecule has 0 saturated carbocycles. The number of non-ortho nitro benzene ring substituents is 1. The van der Waals surface area contributed by atoms with Crippen LogP contribution in [0, 0.1) is 17.0 Å². The number of aryl methyl sites for hydroxylation is 1. The van der Waals surface area contributed by atoms with E-state index in [2.05, 4.69) is 10.3 Å². The number of nitro benzene ring substituents is 1. The molecular weight excluding hydrogens is 306 g/mol. The van der Waals surface area contributed by atoms with Gasteiger partial charge in [-0.15, -0.1) is 0 Å². The van der Waals surface area contributed by atoms with E-state index in [9.17, 15) is 10.1 Å². The summed E-state index contributed by atoms with van der Waals surface area (Å²) >= 11 is 0. The average Bonchev–Trinajstić information content (AvgIpc) is 2.60. The fourth-order valence-electron chi connectivity index (χ4n) is 2.48. The van der Waals surface area contributed by atoms with E-state index < -0.39 is 4.92 Å². The fourth-order valence-corrected chi connectivity index (χ4v) is 2.48. The molecule has 1 N–H and O–H groups in total. The smallest absolute Gasteiger partial charge is 0.278 e. The second-order valence-electron chi connectivity index (χ2n) is 5.40. The van der Waals surface area contributed by atoms with Crippen molar-refractivity contribution in [2.75, 3.05) is 18.5 Å². The highest BCUT2D eigenvalue weighted by molar-refractivity contribution is 5.99. The van der Waals surface area contributed by atoms with Crippen molar-refractivity contribution in [1.29, 1.82) is 0 Å². The van der Waals surface area contributed by atoms with E-state index in [-0.39, 0.29) is 5.69 Å². The maximum absolute atomic E-state index is 11.1. The van der Waals surface area contributed by atoms with Crippen LogP contribution in [0.5, 0.6) is 5.75 Å². The Morgan fingerprint density at radius 3 is 2.67 bits per heavy atom. The third-order valence-corrected chi connectivity index (χ3v) is 3.70. The summed E-state index contributed by atoms with van der Waals surface area (Å²) in [5.74, 6) is 0.820. The highest BCUT2D eigenvalue weighted by atomic mass is 16.6. The lowest BCUT2D eigenvalue weighted by atomic mass is 10.1. The monoisotopic (exact) mass is 323 g/mol. The van der Waals surface area contributed by atoms with Gasteiger partial charge in [-0.3, -0.25) is 15.1 Å². The Morgan fingerprint density at radius 2 is 1.92 bits per heavy atom. The molecular formula is C18H17N3O3. The van der Waals surface area contributed by atoms with Crippen LogP contribution in [0.3, 0.4) is 0 Å². The molecule has 0 aliphatic rings. The number of nitrogens with zero attached hydrogens (tertiary/aromatic N) is 2. The second kappa shape index (κ2) is 6.95. The van der Waals surface area contributed by atoms with Crippen LogP contribution < -0.4 is 10.1 Å². The number of benzene rings is 2. The number of anilines is 1. The quantitative estimate of drug-likeness (QED) is 0.422. The van der Waals surface area contributed by atoms with Crippen LogP contribution in [0.25, 0.3) is 10.8 Å². The molecule has 0 aliphatic carbocycles. The van der Waals surface area contributed by atoms with Crippen LogP contribution in [0.4, 0.5) is 11.4 Å². The summed E-state index contributed by atoms with van der Waals surface area (Å²) in [5.41, 5.74) is 2.07. The van der Waals surface area contributed by atoms with Crippen molar-refractivity contribution in [2.45, 2.75) is 6.92 Å². The number of hydrogen-bond acceptors (Lipinski definition) is 5.